The molecule has 0 N–H and O–H groups in total. The summed E-state index contributed by atoms with van der Waals surface area (Å²) >= 11 is 5.74. The lowest BCUT2D eigenvalue weighted by atomic mass is 9.97. The van der Waals surface area contributed by atoms with Gasteiger partial charge in [0.05, 0.1) is 16.7 Å². The van der Waals surface area contributed by atoms with Gasteiger partial charge in [0.2, 0.25) is 0 Å². The minimum atomic E-state index is -0.599. The normalized spacial score (nSPS) is 15.9. The quantitative estimate of drug-likeness (QED) is 0.0916. The molecule has 1 saturated heterocycles. The molecule has 0 aromatic heterocycles. The number of carbonyl (C=O) groups excluding carboxylic acids is 2. The number of anilines is 1. The molecule has 192 valence electrons. The number of hydrogen-bond donors (Lipinski definition) is 0. The Hall–Kier alpha value is -4.95. The number of carbonyl (C=O) groups is 2. The van der Waals surface area contributed by atoms with Crippen molar-refractivity contribution >= 4 is 57.4 Å². The highest BCUT2D eigenvalue weighted by atomic mass is 32.1. The summed E-state index contributed by atoms with van der Waals surface area (Å²) in [7, 11) is 0. The topological polar surface area (TPSA) is 83.8 Å². The first-order chi connectivity index (χ1) is 18.9. The number of thiocarbonyl (C=S) groups is 1. The molecule has 7 nitrogen and oxygen atoms in total. The van der Waals surface area contributed by atoms with Gasteiger partial charge in [-0.3, -0.25) is 29.5 Å². The predicted molar refractivity (Wildman–Crippen MR) is 156 cm³/mol. The second-order valence-electron chi connectivity index (χ2n) is 8.97. The Kier molecular flexibility index (Phi) is 7.12. The fourth-order valence-electron chi connectivity index (χ4n) is 4.63. The summed E-state index contributed by atoms with van der Waals surface area (Å²) in [5, 5.41) is 13.2. The Morgan fingerprint density at radius 2 is 1.51 bits per heavy atom. The summed E-state index contributed by atoms with van der Waals surface area (Å²) in [5.41, 5.74) is 1.93. The Labute approximate surface area is 230 Å². The number of nitro benzene ring substituents is 1. The van der Waals surface area contributed by atoms with Gasteiger partial charge in [0.15, 0.2) is 5.11 Å². The maximum atomic E-state index is 13.9. The molecule has 0 bridgehead atoms. The number of rotatable bonds is 6. The highest BCUT2D eigenvalue weighted by molar-refractivity contribution is 7.80. The summed E-state index contributed by atoms with van der Waals surface area (Å²) in [4.78, 5) is 40.9. The summed E-state index contributed by atoms with van der Waals surface area (Å²) in [6.45, 7) is 1.87. The van der Waals surface area contributed by atoms with Crippen molar-refractivity contribution in [3.63, 3.8) is 0 Å². The van der Waals surface area contributed by atoms with Crippen LogP contribution in [0, 0.1) is 10.1 Å². The van der Waals surface area contributed by atoms with Gasteiger partial charge in [0.25, 0.3) is 17.5 Å². The molecule has 2 amide bonds. The van der Waals surface area contributed by atoms with Crippen LogP contribution < -0.4 is 4.90 Å². The lowest BCUT2D eigenvalue weighted by Crippen LogP contribution is -2.57. The molecular formula is C31H23N3O4S. The van der Waals surface area contributed by atoms with Gasteiger partial charge in [0.1, 0.15) is 5.57 Å². The fourth-order valence-corrected chi connectivity index (χ4v) is 5.06. The molecule has 0 radical (unpaired) electrons. The van der Waals surface area contributed by atoms with Crippen molar-refractivity contribution in [2.24, 2.45) is 0 Å². The lowest BCUT2D eigenvalue weighted by Gasteiger charge is -2.40. The molecule has 4 aromatic rings. The molecule has 1 fully saturated rings. The molecule has 1 atom stereocenters. The molecule has 39 heavy (non-hydrogen) atoms. The van der Waals surface area contributed by atoms with Crippen molar-refractivity contribution in [2.75, 3.05) is 4.90 Å². The van der Waals surface area contributed by atoms with E-state index in [4.69, 9.17) is 12.2 Å². The van der Waals surface area contributed by atoms with Crippen LogP contribution in [-0.2, 0) is 9.59 Å². The maximum absolute atomic E-state index is 13.9. The van der Waals surface area contributed by atoms with E-state index in [2.05, 4.69) is 0 Å². The molecule has 0 aliphatic carbocycles. The minimum absolute atomic E-state index is 0.00322. The Bertz CT molecular complexity index is 1660. The van der Waals surface area contributed by atoms with E-state index in [-0.39, 0.29) is 16.4 Å². The second kappa shape index (κ2) is 10.8. The van der Waals surface area contributed by atoms with Crippen molar-refractivity contribution < 1.29 is 14.5 Å². The summed E-state index contributed by atoms with van der Waals surface area (Å²) in [6.07, 6.45) is 4.94. The van der Waals surface area contributed by atoms with Crippen molar-refractivity contribution in [1.29, 1.82) is 0 Å². The van der Waals surface area contributed by atoms with E-state index in [1.165, 1.54) is 40.1 Å². The maximum Gasteiger partial charge on any atom is 0.270 e. The van der Waals surface area contributed by atoms with Gasteiger partial charge in [-0.05, 0) is 59.2 Å². The Morgan fingerprint density at radius 1 is 0.846 bits per heavy atom. The van der Waals surface area contributed by atoms with E-state index in [0.29, 0.717) is 5.69 Å². The third-order valence-corrected chi connectivity index (χ3v) is 6.99. The molecule has 1 aliphatic heterocycles. The first kappa shape index (κ1) is 25.7. The van der Waals surface area contributed by atoms with Crippen molar-refractivity contribution in [3.05, 3.63) is 136 Å². The molecule has 4 aromatic carbocycles. The van der Waals surface area contributed by atoms with Gasteiger partial charge in [-0.15, -0.1) is 0 Å². The fraction of sp³-hybridized carbons (Fsp3) is 0.0645. The van der Waals surface area contributed by atoms with Gasteiger partial charge in [-0.1, -0.05) is 84.9 Å². The zero-order chi connectivity index (χ0) is 27.5. The highest BCUT2D eigenvalue weighted by Gasteiger charge is 2.42. The van der Waals surface area contributed by atoms with Crippen LogP contribution >= 0.6 is 12.2 Å². The molecule has 1 aliphatic rings. The van der Waals surface area contributed by atoms with E-state index >= 15 is 0 Å². The Morgan fingerprint density at radius 3 is 2.23 bits per heavy atom. The number of hydrogen-bond acceptors (Lipinski definition) is 5. The number of fused-ring (bicyclic) bond motifs is 1. The van der Waals surface area contributed by atoms with Gasteiger partial charge >= 0.3 is 0 Å². The van der Waals surface area contributed by atoms with E-state index in [0.717, 1.165) is 21.9 Å². The van der Waals surface area contributed by atoms with Gasteiger partial charge in [-0.25, -0.2) is 0 Å². The van der Waals surface area contributed by atoms with E-state index in [9.17, 15) is 19.7 Å². The van der Waals surface area contributed by atoms with Crippen LogP contribution in [0.25, 0.3) is 16.8 Å². The van der Waals surface area contributed by atoms with E-state index in [1.807, 2.05) is 79.7 Å². The lowest BCUT2D eigenvalue weighted by molar-refractivity contribution is -0.384. The van der Waals surface area contributed by atoms with Crippen LogP contribution in [-0.4, -0.2) is 26.8 Å². The monoisotopic (exact) mass is 533 g/mol. The van der Waals surface area contributed by atoms with Crippen LogP contribution in [0.3, 0.4) is 0 Å². The second-order valence-corrected chi connectivity index (χ2v) is 9.33. The van der Waals surface area contributed by atoms with Crippen molar-refractivity contribution in [3.8, 4) is 0 Å². The molecule has 5 rings (SSSR count). The number of amides is 2. The summed E-state index contributed by atoms with van der Waals surface area (Å²) in [6, 6.07) is 28.2. The molecule has 0 saturated carbocycles. The van der Waals surface area contributed by atoms with E-state index < -0.39 is 22.8 Å². The number of non-ortho nitro benzene ring substituents is 1. The van der Waals surface area contributed by atoms with Crippen LogP contribution in [0.4, 0.5) is 11.4 Å². The average Bonchev–Trinajstić information content (AvgIpc) is 2.95. The van der Waals surface area contributed by atoms with Crippen LogP contribution in [0.15, 0.2) is 115 Å². The SMILES string of the molecule is CC(c1cccc2ccccc12)N1C(=O)/C(=C/C=C\c2ccccc2)C(=O)N(c2ccc([N+](=O)[O-])cc2)C1=S. The molecule has 1 unspecified atom stereocenters. The Balaban J connectivity index is 1.60. The van der Waals surface area contributed by atoms with Crippen LogP contribution in [0.1, 0.15) is 24.1 Å². The first-order valence-electron chi connectivity index (χ1n) is 12.2. The van der Waals surface area contributed by atoms with Gasteiger partial charge < -0.3 is 0 Å². The highest BCUT2D eigenvalue weighted by Crippen LogP contribution is 2.34. The van der Waals surface area contributed by atoms with Gasteiger partial charge in [0, 0.05) is 12.1 Å². The van der Waals surface area contributed by atoms with Crippen molar-refractivity contribution in [1.82, 2.24) is 4.90 Å². The minimum Gasteiger partial charge on any atom is -0.277 e. The molecular weight excluding hydrogens is 510 g/mol. The number of benzene rings is 4. The zero-order valence-corrected chi connectivity index (χ0v) is 21.7. The average molecular weight is 534 g/mol. The van der Waals surface area contributed by atoms with Crippen LogP contribution in [0.2, 0.25) is 0 Å². The number of nitrogens with zero attached hydrogens (tertiary/aromatic N) is 3. The molecule has 0 spiro atoms. The summed E-state index contributed by atoms with van der Waals surface area (Å²) < 4.78 is 0. The molecule has 1 heterocycles. The number of allylic oxidation sites excluding steroid dienone is 2. The predicted octanol–water partition coefficient (Wildman–Crippen LogP) is 6.61. The van der Waals surface area contributed by atoms with Crippen molar-refractivity contribution in [2.45, 2.75) is 13.0 Å². The third-order valence-electron chi connectivity index (χ3n) is 6.61. The molecule has 8 heteroatoms. The number of nitro groups is 1. The van der Waals surface area contributed by atoms with Gasteiger partial charge in [-0.2, -0.15) is 0 Å². The zero-order valence-electron chi connectivity index (χ0n) is 20.9. The van der Waals surface area contributed by atoms with E-state index in [1.54, 1.807) is 12.2 Å². The first-order valence-corrected chi connectivity index (χ1v) is 12.6. The smallest absolute Gasteiger partial charge is 0.270 e. The standard InChI is InChI=1S/C31H23N3O4S/c1-21(26-15-8-13-23-12-5-6-14-27(23)26)32-29(35)28(16-7-11-22-9-3-2-4-10-22)30(36)33(31(32)39)24-17-19-25(20-18-24)34(37)38/h2-21H,1H3/b11-7-,28-16-. The largest absolute Gasteiger partial charge is 0.277 e. The third kappa shape index (κ3) is 4.97. The summed E-state index contributed by atoms with van der Waals surface area (Å²) in [5.74, 6) is -1.11. The van der Waals surface area contributed by atoms with Crippen LogP contribution in [0.5, 0.6) is 0 Å².